The Bertz CT molecular complexity index is 1010. The van der Waals surface area contributed by atoms with E-state index in [0.717, 1.165) is 29.9 Å². The number of halogens is 2. The minimum Gasteiger partial charge on any atom is -0.465 e. The first-order valence-electron chi connectivity index (χ1n) is 8.68. The van der Waals surface area contributed by atoms with Crippen LogP contribution in [0.15, 0.2) is 40.9 Å². The Morgan fingerprint density at radius 2 is 2.19 bits per heavy atom. The minimum absolute atomic E-state index is 0.109. The molecular formula is C20H18BrFN2O3. The molecule has 0 bridgehead atoms. The van der Waals surface area contributed by atoms with Crippen molar-refractivity contribution in [2.45, 2.75) is 25.5 Å². The number of hydrogen-bond acceptors (Lipinski definition) is 4. The Kier molecular flexibility index (Phi) is 4.97. The van der Waals surface area contributed by atoms with Crippen molar-refractivity contribution in [2.24, 2.45) is 0 Å². The maximum absolute atomic E-state index is 14.3. The minimum atomic E-state index is -0.398. The average Bonchev–Trinajstić information content (AvgIpc) is 2.96. The molecule has 4 rings (SSSR count). The average molecular weight is 433 g/mol. The Morgan fingerprint density at radius 3 is 2.85 bits per heavy atom. The van der Waals surface area contributed by atoms with E-state index >= 15 is 0 Å². The quantitative estimate of drug-likeness (QED) is 0.569. The summed E-state index contributed by atoms with van der Waals surface area (Å²) >= 11 is 3.28. The van der Waals surface area contributed by atoms with Crippen LogP contribution in [0.4, 0.5) is 4.39 Å². The summed E-state index contributed by atoms with van der Waals surface area (Å²) < 4.78 is 27.4. The third-order valence-electron chi connectivity index (χ3n) is 4.79. The first-order valence-corrected chi connectivity index (χ1v) is 9.47. The SMILES string of the molecule is COC(=O)c1ccc2nc(Cc3ccc(Br)cc3F)n(C[C@@H]3CCO3)c2c1. The summed E-state index contributed by atoms with van der Waals surface area (Å²) in [6.45, 7) is 1.37. The van der Waals surface area contributed by atoms with Gasteiger partial charge < -0.3 is 14.0 Å². The maximum atomic E-state index is 14.3. The summed E-state index contributed by atoms with van der Waals surface area (Å²) in [4.78, 5) is 16.6. The summed E-state index contributed by atoms with van der Waals surface area (Å²) in [5.74, 6) is 0.0620. The molecule has 7 heteroatoms. The maximum Gasteiger partial charge on any atom is 0.337 e. The lowest BCUT2D eigenvalue weighted by Crippen LogP contribution is -2.31. The fraction of sp³-hybridized carbons (Fsp3) is 0.300. The predicted octanol–water partition coefficient (Wildman–Crippen LogP) is 4.10. The lowest BCUT2D eigenvalue weighted by atomic mass is 10.1. The monoisotopic (exact) mass is 432 g/mol. The zero-order chi connectivity index (χ0) is 19.0. The number of carbonyl (C=O) groups excluding carboxylic acids is 1. The largest absolute Gasteiger partial charge is 0.465 e. The molecule has 5 nitrogen and oxygen atoms in total. The van der Waals surface area contributed by atoms with Crippen LogP contribution < -0.4 is 0 Å². The molecule has 1 fully saturated rings. The smallest absolute Gasteiger partial charge is 0.337 e. The number of imidazole rings is 1. The Balaban J connectivity index is 1.77. The number of fused-ring (bicyclic) bond motifs is 1. The summed E-state index contributed by atoms with van der Waals surface area (Å²) in [7, 11) is 1.35. The number of aromatic nitrogens is 2. The number of rotatable bonds is 5. The van der Waals surface area contributed by atoms with Crippen LogP contribution in [-0.2, 0) is 22.4 Å². The number of esters is 1. The summed E-state index contributed by atoms with van der Waals surface area (Å²) in [6.07, 6.45) is 1.44. The molecule has 140 valence electrons. The molecule has 0 spiro atoms. The van der Waals surface area contributed by atoms with Crippen molar-refractivity contribution in [1.29, 1.82) is 0 Å². The zero-order valence-electron chi connectivity index (χ0n) is 14.7. The van der Waals surface area contributed by atoms with E-state index in [1.54, 1.807) is 24.3 Å². The van der Waals surface area contributed by atoms with E-state index in [-0.39, 0.29) is 11.9 Å². The molecule has 1 aromatic heterocycles. The number of benzene rings is 2. The molecule has 1 aliphatic rings. The van der Waals surface area contributed by atoms with Gasteiger partial charge >= 0.3 is 5.97 Å². The number of ether oxygens (including phenoxy) is 2. The second-order valence-corrected chi connectivity index (χ2v) is 7.44. The van der Waals surface area contributed by atoms with Crippen molar-refractivity contribution in [1.82, 2.24) is 9.55 Å². The van der Waals surface area contributed by atoms with Crippen LogP contribution in [0.25, 0.3) is 11.0 Å². The van der Waals surface area contributed by atoms with E-state index in [0.29, 0.717) is 28.6 Å². The second kappa shape index (κ2) is 7.40. The van der Waals surface area contributed by atoms with E-state index in [9.17, 15) is 9.18 Å². The van der Waals surface area contributed by atoms with Crippen LogP contribution in [0.5, 0.6) is 0 Å². The van der Waals surface area contributed by atoms with Gasteiger partial charge in [-0.05, 0) is 42.3 Å². The topological polar surface area (TPSA) is 53.3 Å². The Labute approximate surface area is 164 Å². The van der Waals surface area contributed by atoms with E-state index in [4.69, 9.17) is 9.47 Å². The van der Waals surface area contributed by atoms with Gasteiger partial charge in [-0.2, -0.15) is 0 Å². The second-order valence-electron chi connectivity index (χ2n) is 6.53. The third-order valence-corrected chi connectivity index (χ3v) is 5.28. The predicted molar refractivity (Wildman–Crippen MR) is 102 cm³/mol. The summed E-state index contributed by atoms with van der Waals surface area (Å²) in [5.41, 5.74) is 2.61. The van der Waals surface area contributed by atoms with Gasteiger partial charge in [0.1, 0.15) is 11.6 Å². The lowest BCUT2D eigenvalue weighted by Gasteiger charge is -2.27. The van der Waals surface area contributed by atoms with Crippen molar-refractivity contribution < 1.29 is 18.7 Å². The molecule has 0 aliphatic carbocycles. The van der Waals surface area contributed by atoms with Gasteiger partial charge in [-0.3, -0.25) is 0 Å². The number of hydrogen-bond donors (Lipinski definition) is 0. The van der Waals surface area contributed by atoms with Gasteiger partial charge in [0.15, 0.2) is 0 Å². The fourth-order valence-electron chi connectivity index (χ4n) is 3.22. The normalized spacial score (nSPS) is 16.3. The number of nitrogens with zero attached hydrogens (tertiary/aromatic N) is 2. The van der Waals surface area contributed by atoms with Gasteiger partial charge in [0.2, 0.25) is 0 Å². The van der Waals surface area contributed by atoms with Crippen LogP contribution in [0.2, 0.25) is 0 Å². The molecule has 0 amide bonds. The molecule has 1 aliphatic heterocycles. The van der Waals surface area contributed by atoms with Crippen molar-refractivity contribution in [2.75, 3.05) is 13.7 Å². The molecule has 2 heterocycles. The fourth-order valence-corrected chi connectivity index (χ4v) is 3.56. The van der Waals surface area contributed by atoms with Gasteiger partial charge in [0.05, 0.1) is 36.4 Å². The zero-order valence-corrected chi connectivity index (χ0v) is 16.3. The van der Waals surface area contributed by atoms with Gasteiger partial charge in [-0.15, -0.1) is 0 Å². The Hall–Kier alpha value is -2.25. The van der Waals surface area contributed by atoms with Gasteiger partial charge in [0.25, 0.3) is 0 Å². The van der Waals surface area contributed by atoms with Crippen LogP contribution in [0.3, 0.4) is 0 Å². The van der Waals surface area contributed by atoms with Gasteiger partial charge in [-0.1, -0.05) is 22.0 Å². The lowest BCUT2D eigenvalue weighted by molar-refractivity contribution is -0.0589. The molecule has 1 saturated heterocycles. The standard InChI is InChI=1S/C20H18BrFN2O3/c1-26-20(25)13-3-5-17-18(8-13)24(11-15-6-7-27-15)19(23-17)9-12-2-4-14(21)10-16(12)22/h2-5,8,10,15H,6-7,9,11H2,1H3/t15-/m0/s1. The summed E-state index contributed by atoms with van der Waals surface area (Å²) in [6, 6.07) is 10.3. The highest BCUT2D eigenvalue weighted by atomic mass is 79.9. The van der Waals surface area contributed by atoms with Crippen molar-refractivity contribution in [3.8, 4) is 0 Å². The highest BCUT2D eigenvalue weighted by Gasteiger charge is 2.23. The molecule has 0 N–H and O–H groups in total. The highest BCUT2D eigenvalue weighted by Crippen LogP contribution is 2.25. The molecule has 0 radical (unpaired) electrons. The molecule has 0 saturated carbocycles. The molecule has 0 unspecified atom stereocenters. The van der Waals surface area contributed by atoms with E-state index in [1.165, 1.54) is 13.2 Å². The van der Waals surface area contributed by atoms with Crippen LogP contribution >= 0.6 is 15.9 Å². The van der Waals surface area contributed by atoms with Crippen molar-refractivity contribution in [3.05, 3.63) is 63.6 Å². The molecule has 1 atom stereocenters. The molecular weight excluding hydrogens is 415 g/mol. The first kappa shape index (κ1) is 18.1. The Morgan fingerprint density at radius 1 is 1.37 bits per heavy atom. The van der Waals surface area contributed by atoms with Crippen molar-refractivity contribution >= 4 is 32.9 Å². The summed E-state index contributed by atoms with van der Waals surface area (Å²) in [5, 5.41) is 0. The van der Waals surface area contributed by atoms with Gasteiger partial charge in [-0.25, -0.2) is 14.2 Å². The van der Waals surface area contributed by atoms with Crippen LogP contribution in [0.1, 0.15) is 28.2 Å². The molecule has 3 aromatic rings. The third kappa shape index (κ3) is 3.61. The van der Waals surface area contributed by atoms with Crippen LogP contribution in [-0.4, -0.2) is 35.3 Å². The highest BCUT2D eigenvalue weighted by molar-refractivity contribution is 9.10. The van der Waals surface area contributed by atoms with Crippen LogP contribution in [0, 0.1) is 5.82 Å². The number of methoxy groups -OCH3 is 1. The van der Waals surface area contributed by atoms with E-state index < -0.39 is 5.97 Å². The van der Waals surface area contributed by atoms with Gasteiger partial charge in [0, 0.05) is 17.5 Å². The van der Waals surface area contributed by atoms with E-state index in [2.05, 4.69) is 20.9 Å². The first-order chi connectivity index (χ1) is 13.0. The van der Waals surface area contributed by atoms with E-state index in [1.807, 2.05) is 10.6 Å². The van der Waals surface area contributed by atoms with Crippen molar-refractivity contribution in [3.63, 3.8) is 0 Å². The molecule has 27 heavy (non-hydrogen) atoms. The number of carbonyl (C=O) groups is 1. The molecule has 2 aromatic carbocycles.